The molecule has 55 heavy (non-hydrogen) atoms. The van der Waals surface area contributed by atoms with E-state index in [9.17, 15) is 5.26 Å². The average Bonchev–Trinajstić information content (AvgIpc) is 3.87. The molecule has 11 rings (SSSR count). The molecule has 0 unspecified atom stereocenters. The number of nitriles is 1. The average molecular weight is 700 g/mol. The number of hydrogen-bond donors (Lipinski definition) is 0. The standard InChI is InChI=1S/C50H29N5/c1-52-35-22-24-48-42(28-35)44-30-49-43(40-18-6-7-19-45(40)53(49)36-13-3-2-4-14-36)29-50(44)55(48)38-16-10-12-34(27-38)33-11-9-15-37(26-33)54-46-20-8-5-17-39(46)41-25-32(31-51)21-23-47(41)54/h2-30H. The van der Waals surface area contributed by atoms with Crippen LogP contribution in [-0.4, -0.2) is 13.7 Å². The molecular formula is C50H29N5. The summed E-state index contributed by atoms with van der Waals surface area (Å²) in [6, 6.07) is 63.9. The predicted octanol–water partition coefficient (Wildman–Crippen LogP) is 13.1. The Kier molecular flexibility index (Phi) is 6.61. The quantitative estimate of drug-likeness (QED) is 0.169. The summed E-state index contributed by atoms with van der Waals surface area (Å²) < 4.78 is 6.98. The molecule has 0 amide bonds. The lowest BCUT2D eigenvalue weighted by Crippen LogP contribution is -1.96. The molecule has 3 heterocycles. The van der Waals surface area contributed by atoms with Crippen molar-refractivity contribution in [2.45, 2.75) is 0 Å². The van der Waals surface area contributed by atoms with Crippen molar-refractivity contribution in [2.24, 2.45) is 0 Å². The summed E-state index contributed by atoms with van der Waals surface area (Å²) in [5.74, 6) is 0. The highest BCUT2D eigenvalue weighted by atomic mass is 15.0. The molecule has 3 aromatic heterocycles. The molecule has 0 saturated heterocycles. The van der Waals surface area contributed by atoms with Gasteiger partial charge in [0, 0.05) is 44.0 Å². The molecule has 0 atom stereocenters. The molecule has 0 spiro atoms. The van der Waals surface area contributed by atoms with Crippen molar-refractivity contribution in [3.63, 3.8) is 0 Å². The monoisotopic (exact) mass is 699 g/mol. The minimum Gasteiger partial charge on any atom is -0.309 e. The lowest BCUT2D eigenvalue weighted by molar-refractivity contribution is 1.17. The van der Waals surface area contributed by atoms with Crippen molar-refractivity contribution in [1.82, 2.24) is 13.7 Å². The van der Waals surface area contributed by atoms with Gasteiger partial charge in [0.1, 0.15) is 0 Å². The predicted molar refractivity (Wildman–Crippen MR) is 226 cm³/mol. The van der Waals surface area contributed by atoms with E-state index in [0.29, 0.717) is 11.3 Å². The molecule has 254 valence electrons. The molecule has 11 aromatic rings. The molecule has 8 aromatic carbocycles. The van der Waals surface area contributed by atoms with Gasteiger partial charge in [0.2, 0.25) is 0 Å². The van der Waals surface area contributed by atoms with Crippen LogP contribution in [-0.2, 0) is 0 Å². The second-order valence-electron chi connectivity index (χ2n) is 14.0. The van der Waals surface area contributed by atoms with Gasteiger partial charge in [-0.25, -0.2) is 4.85 Å². The van der Waals surface area contributed by atoms with E-state index in [1.165, 1.54) is 10.8 Å². The third-order valence-electron chi connectivity index (χ3n) is 11.0. The molecule has 0 saturated carbocycles. The van der Waals surface area contributed by atoms with Crippen molar-refractivity contribution in [2.75, 3.05) is 0 Å². The van der Waals surface area contributed by atoms with Crippen LogP contribution >= 0.6 is 0 Å². The highest BCUT2D eigenvalue weighted by Gasteiger charge is 2.19. The van der Waals surface area contributed by atoms with E-state index < -0.39 is 0 Å². The molecular weight excluding hydrogens is 671 g/mol. The fourth-order valence-electron chi connectivity index (χ4n) is 8.64. The van der Waals surface area contributed by atoms with Crippen molar-refractivity contribution >= 4 is 71.1 Å². The smallest absolute Gasteiger partial charge is 0.188 e. The van der Waals surface area contributed by atoms with Crippen LogP contribution < -0.4 is 0 Å². The van der Waals surface area contributed by atoms with Gasteiger partial charge in [-0.1, -0.05) is 84.9 Å². The fraction of sp³-hybridized carbons (Fsp3) is 0. The van der Waals surface area contributed by atoms with Gasteiger partial charge in [-0.05, 0) is 108 Å². The first kappa shape index (κ1) is 30.7. The van der Waals surface area contributed by atoms with Crippen LogP contribution in [0.5, 0.6) is 0 Å². The van der Waals surface area contributed by atoms with Crippen LogP contribution in [0.2, 0.25) is 0 Å². The Hall–Kier alpha value is -7.86. The maximum Gasteiger partial charge on any atom is 0.188 e. The van der Waals surface area contributed by atoms with Crippen LogP contribution in [0.25, 0.3) is 98.5 Å². The van der Waals surface area contributed by atoms with Crippen molar-refractivity contribution in [3.05, 3.63) is 193 Å². The zero-order chi connectivity index (χ0) is 36.6. The Morgan fingerprint density at radius 3 is 1.47 bits per heavy atom. The lowest BCUT2D eigenvalue weighted by Gasteiger charge is -2.13. The second kappa shape index (κ2) is 11.8. The Balaban J connectivity index is 1.13. The normalized spacial score (nSPS) is 11.6. The molecule has 0 aliphatic carbocycles. The summed E-state index contributed by atoms with van der Waals surface area (Å²) in [7, 11) is 0. The van der Waals surface area contributed by atoms with Crippen molar-refractivity contribution in [3.8, 4) is 34.3 Å². The van der Waals surface area contributed by atoms with E-state index in [2.05, 4.69) is 176 Å². The highest BCUT2D eigenvalue weighted by Crippen LogP contribution is 2.41. The molecule has 0 fully saturated rings. The SMILES string of the molecule is [C-]#[N+]c1ccc2c(c1)c1cc3c(cc1n2-c1cccc(-c2cccc(-n4c5ccccc5c5cc(C#N)ccc54)c2)c1)c1ccccc1n3-c1ccccc1. The van der Waals surface area contributed by atoms with Gasteiger partial charge in [-0.3, -0.25) is 0 Å². The zero-order valence-corrected chi connectivity index (χ0v) is 29.5. The van der Waals surface area contributed by atoms with E-state index >= 15 is 0 Å². The Labute approximate surface area is 316 Å². The second-order valence-corrected chi connectivity index (χ2v) is 14.0. The lowest BCUT2D eigenvalue weighted by atomic mass is 10.0. The van der Waals surface area contributed by atoms with E-state index in [1.54, 1.807) is 0 Å². The van der Waals surface area contributed by atoms with Crippen molar-refractivity contribution in [1.29, 1.82) is 5.26 Å². The van der Waals surface area contributed by atoms with Crippen molar-refractivity contribution < 1.29 is 0 Å². The summed E-state index contributed by atoms with van der Waals surface area (Å²) in [4.78, 5) is 3.82. The van der Waals surface area contributed by atoms with Gasteiger partial charge < -0.3 is 13.7 Å². The zero-order valence-electron chi connectivity index (χ0n) is 29.5. The minimum absolute atomic E-state index is 0.620. The molecule has 0 aliphatic rings. The maximum absolute atomic E-state index is 9.65. The Bertz CT molecular complexity index is 3450. The first-order valence-electron chi connectivity index (χ1n) is 18.3. The van der Waals surface area contributed by atoms with E-state index in [1.807, 2.05) is 24.3 Å². The summed E-state index contributed by atoms with van der Waals surface area (Å²) in [5.41, 5.74) is 13.3. The van der Waals surface area contributed by atoms with Crippen LogP contribution in [0.1, 0.15) is 5.56 Å². The molecule has 5 heteroatoms. The number of fused-ring (bicyclic) bond motifs is 9. The van der Waals surface area contributed by atoms with Crippen LogP contribution in [0.15, 0.2) is 176 Å². The van der Waals surface area contributed by atoms with Gasteiger partial charge in [-0.2, -0.15) is 5.26 Å². The molecule has 0 N–H and O–H groups in total. The first-order chi connectivity index (χ1) is 27.2. The van der Waals surface area contributed by atoms with Gasteiger partial charge >= 0.3 is 0 Å². The van der Waals surface area contributed by atoms with E-state index in [-0.39, 0.29) is 0 Å². The number of nitrogens with zero attached hydrogens (tertiary/aromatic N) is 5. The molecule has 0 aliphatic heterocycles. The summed E-state index contributed by atoms with van der Waals surface area (Å²) in [6.07, 6.45) is 0. The first-order valence-corrected chi connectivity index (χ1v) is 18.3. The van der Waals surface area contributed by atoms with E-state index in [0.717, 1.165) is 82.8 Å². The Morgan fingerprint density at radius 2 is 0.855 bits per heavy atom. The number of aromatic nitrogens is 3. The summed E-state index contributed by atoms with van der Waals surface area (Å²) in [6.45, 7) is 7.85. The third kappa shape index (κ3) is 4.58. The summed E-state index contributed by atoms with van der Waals surface area (Å²) >= 11 is 0. The van der Waals surface area contributed by atoms with Gasteiger partial charge in [0.25, 0.3) is 0 Å². The molecule has 0 radical (unpaired) electrons. The van der Waals surface area contributed by atoms with Crippen LogP contribution in [0.4, 0.5) is 5.69 Å². The Morgan fingerprint density at radius 1 is 0.382 bits per heavy atom. The third-order valence-corrected chi connectivity index (χ3v) is 11.0. The molecule has 0 bridgehead atoms. The highest BCUT2D eigenvalue weighted by molar-refractivity contribution is 6.19. The van der Waals surface area contributed by atoms with Gasteiger partial charge in [0.15, 0.2) is 5.69 Å². The minimum atomic E-state index is 0.620. The fourth-order valence-corrected chi connectivity index (χ4v) is 8.64. The molecule has 5 nitrogen and oxygen atoms in total. The van der Waals surface area contributed by atoms with Gasteiger partial charge in [-0.15, -0.1) is 0 Å². The topological polar surface area (TPSA) is 42.9 Å². The van der Waals surface area contributed by atoms with Gasteiger partial charge in [0.05, 0.1) is 51.3 Å². The maximum atomic E-state index is 9.65. The number of benzene rings is 8. The van der Waals surface area contributed by atoms with Crippen LogP contribution in [0, 0.1) is 17.9 Å². The largest absolute Gasteiger partial charge is 0.309 e. The van der Waals surface area contributed by atoms with E-state index in [4.69, 9.17) is 6.57 Å². The number of hydrogen-bond acceptors (Lipinski definition) is 1. The number of para-hydroxylation sites is 3. The summed E-state index contributed by atoms with van der Waals surface area (Å²) in [5, 5.41) is 16.4. The number of rotatable bonds is 4. The van der Waals surface area contributed by atoms with Crippen LogP contribution in [0.3, 0.4) is 0 Å².